The van der Waals surface area contributed by atoms with Crippen LogP contribution in [0.1, 0.15) is 348 Å². The summed E-state index contributed by atoms with van der Waals surface area (Å²) in [6, 6.07) is 0. The number of nitrogens with zero attached hydrogens (tertiary/aromatic N) is 3. The highest BCUT2D eigenvalue weighted by Crippen LogP contribution is 2.18. The first-order valence-corrected chi connectivity index (χ1v) is 38.6. The first-order valence-electron chi connectivity index (χ1n) is 38.1. The van der Waals surface area contributed by atoms with E-state index in [1.54, 1.807) is 0 Å². The molecule has 0 saturated carbocycles. The molecule has 4 N–H and O–H groups in total. The standard InChI is InChI=1S/C49H100N4O3.C23H48N2O.C3H5ClO/c1-7-9-11-13-15-17-19-21-23-25-27-29-31-33-35-39-48(55)50-41-37-43-52(3,4)45-47(54)46-53(5,6)44-38-42-51-49(56)40-36-34-32-30-28-26-24-22-20-18-16-14-12-10-8-2;1-4-5-6-7-8-9-10-11-12-13-14-15-16-17-18-20-23(26)24-21-19-22-25(2)3;4-1-3-2-5-3/h47,54H,7-46H2,1-6H3;4-22H2,1-3H3,(H,24,26);3H,1-2H2/p+2. The number of hydrogen-bond acceptors (Lipinski definition) is 6. The van der Waals surface area contributed by atoms with Gasteiger partial charge in [-0.15, -0.1) is 11.6 Å². The molecule has 0 bridgehead atoms. The zero-order valence-electron chi connectivity index (χ0n) is 60.1. The maximum absolute atomic E-state index is 12.4. The van der Waals surface area contributed by atoms with Gasteiger partial charge >= 0.3 is 0 Å². The Kier molecular flexibility index (Phi) is 67.8. The number of aliphatic hydroxyl groups excluding tert-OH is 1. The number of quaternary nitrogens is 2. The Balaban J connectivity index is 0. The van der Waals surface area contributed by atoms with Crippen LogP contribution in [0, 0.1) is 0 Å². The Labute approximate surface area is 548 Å². The summed E-state index contributed by atoms with van der Waals surface area (Å²) in [5, 5.41) is 20.2. The predicted octanol–water partition coefficient (Wildman–Crippen LogP) is 19.0. The van der Waals surface area contributed by atoms with Crippen molar-refractivity contribution < 1.29 is 33.2 Å². The fourth-order valence-electron chi connectivity index (χ4n) is 11.9. The zero-order valence-corrected chi connectivity index (χ0v) is 60.8. The van der Waals surface area contributed by atoms with Gasteiger partial charge in [0.2, 0.25) is 17.7 Å². The van der Waals surface area contributed by atoms with Crippen molar-refractivity contribution in [3.8, 4) is 0 Å². The number of ether oxygens (including phenoxy) is 1. The Morgan fingerprint density at radius 1 is 0.402 bits per heavy atom. The van der Waals surface area contributed by atoms with Crippen LogP contribution in [0.3, 0.4) is 0 Å². The molecule has 0 aliphatic carbocycles. The van der Waals surface area contributed by atoms with Gasteiger partial charge in [0.25, 0.3) is 0 Å². The number of aliphatic hydroxyl groups is 1. The van der Waals surface area contributed by atoms with Crippen LogP contribution in [0.4, 0.5) is 0 Å². The molecule has 12 heteroatoms. The molecule has 0 aromatic carbocycles. The molecule has 0 radical (unpaired) electrons. The number of alkyl halides is 1. The lowest BCUT2D eigenvalue weighted by Gasteiger charge is -2.36. The number of unbranched alkanes of at least 4 members (excludes halogenated alkanes) is 42. The van der Waals surface area contributed by atoms with Crippen molar-refractivity contribution in [2.45, 2.75) is 360 Å². The second-order valence-corrected chi connectivity index (χ2v) is 28.8. The average molecular weight is 1260 g/mol. The third-order valence-electron chi connectivity index (χ3n) is 17.6. The molecule has 1 heterocycles. The minimum Gasteiger partial charge on any atom is -0.382 e. The number of epoxide rings is 1. The van der Waals surface area contributed by atoms with Crippen LogP contribution in [-0.4, -0.2) is 156 Å². The third kappa shape index (κ3) is 75.1. The van der Waals surface area contributed by atoms with Crippen molar-refractivity contribution in [1.29, 1.82) is 0 Å². The van der Waals surface area contributed by atoms with Gasteiger partial charge < -0.3 is 39.7 Å². The predicted molar refractivity (Wildman–Crippen MR) is 380 cm³/mol. The van der Waals surface area contributed by atoms with Crippen LogP contribution < -0.4 is 16.0 Å². The topological polar surface area (TPSA) is 123 Å². The smallest absolute Gasteiger partial charge is 0.219 e. The van der Waals surface area contributed by atoms with Crippen LogP contribution in [0.25, 0.3) is 0 Å². The highest BCUT2D eigenvalue weighted by atomic mass is 35.5. The molecule has 520 valence electrons. The molecule has 1 aliphatic heterocycles. The second-order valence-electron chi connectivity index (χ2n) is 28.5. The maximum Gasteiger partial charge on any atom is 0.219 e. The number of halogens is 1. The molecule has 1 aliphatic rings. The number of likely N-dealkylation sites (N-methyl/N-ethyl adjacent to an activating group) is 2. The van der Waals surface area contributed by atoms with Gasteiger partial charge in [0.15, 0.2) is 6.10 Å². The lowest BCUT2D eigenvalue weighted by atomic mass is 10.0. The van der Waals surface area contributed by atoms with Crippen molar-refractivity contribution >= 4 is 29.3 Å². The maximum atomic E-state index is 12.4. The number of rotatable bonds is 65. The van der Waals surface area contributed by atoms with E-state index >= 15 is 0 Å². The third-order valence-corrected chi connectivity index (χ3v) is 18.0. The first kappa shape index (κ1) is 87.6. The van der Waals surface area contributed by atoms with E-state index in [2.05, 4.69) is 83.9 Å². The molecule has 11 nitrogen and oxygen atoms in total. The molecule has 1 atom stereocenters. The monoisotopic (exact) mass is 1260 g/mol. The minimum absolute atomic E-state index is 0.185. The van der Waals surface area contributed by atoms with Crippen molar-refractivity contribution in [2.24, 2.45) is 0 Å². The molecule has 87 heavy (non-hydrogen) atoms. The molecule has 0 aromatic heterocycles. The largest absolute Gasteiger partial charge is 0.382 e. The average Bonchev–Trinajstić information content (AvgIpc) is 4.51. The zero-order chi connectivity index (χ0) is 64.4. The minimum atomic E-state index is -0.389. The first-order chi connectivity index (χ1) is 42.1. The van der Waals surface area contributed by atoms with E-state index in [4.69, 9.17) is 16.3 Å². The van der Waals surface area contributed by atoms with Crippen molar-refractivity contribution in [2.75, 3.05) is 107 Å². The number of hydrogen-bond donors (Lipinski definition) is 4. The number of amides is 3. The van der Waals surface area contributed by atoms with Gasteiger partial charge in [-0.2, -0.15) is 0 Å². The van der Waals surface area contributed by atoms with Gasteiger partial charge in [0.1, 0.15) is 13.1 Å². The SMILES string of the molecule is CCCCCCCCCCCCCCCCCC(=O)NCCCN(C)C.CCCCCCCCCCCCCCCCCC(=O)NCCC[N+](C)(C)CC(O)C[N+](C)(C)CCCNC(=O)CCCCCCCCCCCCCCCCC.ClCC1CO1. The quantitative estimate of drug-likeness (QED) is 0.0208. The van der Waals surface area contributed by atoms with Gasteiger partial charge in [0.05, 0.1) is 59.9 Å². The number of carbonyl (C=O) groups excluding carboxylic acids is 3. The highest BCUT2D eigenvalue weighted by molar-refractivity contribution is 6.18. The molecule has 1 fully saturated rings. The van der Waals surface area contributed by atoms with Gasteiger partial charge in [0, 0.05) is 51.7 Å². The number of nitrogens with one attached hydrogen (secondary N) is 3. The second kappa shape index (κ2) is 67.4. The molecule has 1 saturated heterocycles. The van der Waals surface area contributed by atoms with E-state index in [-0.39, 0.29) is 23.8 Å². The van der Waals surface area contributed by atoms with E-state index in [0.717, 1.165) is 93.1 Å². The summed E-state index contributed by atoms with van der Waals surface area (Å²) < 4.78 is 6.21. The van der Waals surface area contributed by atoms with Crippen molar-refractivity contribution in [3.63, 3.8) is 0 Å². The van der Waals surface area contributed by atoms with Gasteiger partial charge in [-0.1, -0.05) is 290 Å². The van der Waals surface area contributed by atoms with Crippen molar-refractivity contribution in [3.05, 3.63) is 0 Å². The lowest BCUT2D eigenvalue weighted by Crippen LogP contribution is -2.53. The van der Waals surface area contributed by atoms with Crippen LogP contribution >= 0.6 is 11.6 Å². The Bertz CT molecular complexity index is 1370. The van der Waals surface area contributed by atoms with Crippen LogP contribution in [0.15, 0.2) is 0 Å². The summed E-state index contributed by atoms with van der Waals surface area (Å²) in [5.74, 6) is 1.27. The molecular weight excluding hydrogens is 1100 g/mol. The van der Waals surface area contributed by atoms with Gasteiger partial charge in [-0.25, -0.2) is 0 Å². The summed E-state index contributed by atoms with van der Waals surface area (Å²) in [6.45, 7) is 14.3. The summed E-state index contributed by atoms with van der Waals surface area (Å²) >= 11 is 5.27. The van der Waals surface area contributed by atoms with Crippen LogP contribution in [-0.2, 0) is 19.1 Å². The summed E-state index contributed by atoms with van der Waals surface area (Å²) in [5.41, 5.74) is 0. The van der Waals surface area contributed by atoms with E-state index in [9.17, 15) is 19.5 Å². The number of carbonyl (C=O) groups is 3. The summed E-state index contributed by atoms with van der Waals surface area (Å²) in [4.78, 5) is 38.6. The van der Waals surface area contributed by atoms with E-state index in [1.807, 2.05) is 0 Å². The fraction of sp³-hybridized carbons (Fsp3) is 0.960. The molecular formula is C75H155ClN6O5+2. The Morgan fingerprint density at radius 3 is 0.816 bits per heavy atom. The molecule has 0 aromatic rings. The summed E-state index contributed by atoms with van der Waals surface area (Å²) in [6.07, 6.45) is 65.6. The Hall–Kier alpha value is -1.50. The van der Waals surface area contributed by atoms with E-state index < -0.39 is 0 Å². The van der Waals surface area contributed by atoms with E-state index in [1.165, 1.54) is 257 Å². The van der Waals surface area contributed by atoms with Gasteiger partial charge in [-0.3, -0.25) is 14.4 Å². The lowest BCUT2D eigenvalue weighted by molar-refractivity contribution is -0.914. The van der Waals surface area contributed by atoms with Crippen molar-refractivity contribution in [1.82, 2.24) is 20.9 Å². The molecule has 1 rings (SSSR count). The normalized spacial score (nSPS) is 13.1. The molecule has 0 spiro atoms. The Morgan fingerprint density at radius 2 is 0.621 bits per heavy atom. The van der Waals surface area contributed by atoms with Crippen LogP contribution in [0.2, 0.25) is 0 Å². The highest BCUT2D eigenvalue weighted by Gasteiger charge is 2.27. The molecule has 1 unspecified atom stereocenters. The van der Waals surface area contributed by atoms with Crippen LogP contribution in [0.5, 0.6) is 0 Å². The summed E-state index contributed by atoms with van der Waals surface area (Å²) in [7, 11) is 12.8. The fourth-order valence-corrected chi connectivity index (χ4v) is 12.0. The molecule has 3 amide bonds. The van der Waals surface area contributed by atoms with Gasteiger partial charge in [-0.05, 0) is 46.3 Å². The van der Waals surface area contributed by atoms with E-state index in [0.29, 0.717) is 57.4 Å².